The molecule has 2 aliphatic carbocycles. The first-order valence-electron chi connectivity index (χ1n) is 17.1. The number of anilines is 1. The number of nitrogens with zero attached hydrogens (tertiary/aromatic N) is 8. The second-order valence-corrected chi connectivity index (χ2v) is 15.3. The zero-order chi connectivity index (χ0) is 31.6. The number of hydrogen-bond donors (Lipinski definition) is 1. The number of aromatic nitrogens is 5. The summed E-state index contributed by atoms with van der Waals surface area (Å²) in [6, 6.07) is 5.74. The van der Waals surface area contributed by atoms with Gasteiger partial charge in [-0.25, -0.2) is 19.3 Å². The maximum Gasteiger partial charge on any atom is 0.282 e. The Balaban J connectivity index is 0.948. The highest BCUT2D eigenvalue weighted by molar-refractivity contribution is 5.71. The van der Waals surface area contributed by atoms with Crippen LogP contribution in [0.1, 0.15) is 70.8 Å². The smallest absolute Gasteiger partial charge is 0.282 e. The molecular formula is C35H45FN8O2. The molecule has 1 N–H and O–H groups in total. The molecule has 3 saturated heterocycles. The summed E-state index contributed by atoms with van der Waals surface area (Å²) in [5, 5.41) is 18.9. The van der Waals surface area contributed by atoms with E-state index in [0.717, 1.165) is 76.4 Å². The second kappa shape index (κ2) is 11.5. The van der Waals surface area contributed by atoms with Crippen LogP contribution < -0.4 is 9.64 Å². The molecule has 0 amide bonds. The van der Waals surface area contributed by atoms with E-state index in [2.05, 4.69) is 53.7 Å². The Morgan fingerprint density at radius 1 is 1.02 bits per heavy atom. The van der Waals surface area contributed by atoms with Crippen LogP contribution in [0.5, 0.6) is 11.6 Å². The van der Waals surface area contributed by atoms with Gasteiger partial charge in [0.2, 0.25) is 0 Å². The maximum absolute atomic E-state index is 14.5. The standard InChI is InChI=1S/C35H45FN8O2/c1-22(2)31(24-12-26(13-24)42-10-8-34(3,45)16-42)44-18-35(19-44)9-11-43(17-35)32-33(41-40-21-39-32)46-29-7-6-25(36)14-27(29)30-28(23-4-5-23)15-37-20-38-30/h6-7,14-15,20-24,26,31,45H,4-5,8-13,16-19H2,1-3H3/t24?,26?,31-,34-/m0/s1. The third kappa shape index (κ3) is 5.64. The van der Waals surface area contributed by atoms with Gasteiger partial charge in [0, 0.05) is 74.1 Å². The van der Waals surface area contributed by atoms with Crippen molar-refractivity contribution in [3.63, 3.8) is 0 Å². The minimum atomic E-state index is -0.525. The molecule has 2 atom stereocenters. The van der Waals surface area contributed by atoms with Crippen LogP contribution in [0.25, 0.3) is 11.3 Å². The minimum Gasteiger partial charge on any atom is -0.434 e. The quantitative estimate of drug-likeness (QED) is 0.352. The van der Waals surface area contributed by atoms with E-state index in [-0.39, 0.29) is 11.2 Å². The van der Waals surface area contributed by atoms with Gasteiger partial charge in [-0.15, -0.1) is 10.2 Å². The predicted molar refractivity (Wildman–Crippen MR) is 172 cm³/mol. The Morgan fingerprint density at radius 2 is 1.85 bits per heavy atom. The SMILES string of the molecule is CC(C)[C@@H](C1CC(N2CC[C@](C)(O)C2)C1)N1CC2(CCN(c3ncnnc3Oc3ccc(F)cc3-c3ncncc3C3CC3)C2)C1. The van der Waals surface area contributed by atoms with Crippen LogP contribution in [-0.4, -0.2) is 97.0 Å². The van der Waals surface area contributed by atoms with Crippen LogP contribution in [0.2, 0.25) is 0 Å². The Bertz CT molecular complexity index is 1590. The monoisotopic (exact) mass is 628 g/mol. The highest BCUT2D eigenvalue weighted by atomic mass is 19.1. The lowest BCUT2D eigenvalue weighted by Gasteiger charge is -2.57. The summed E-state index contributed by atoms with van der Waals surface area (Å²) in [6.45, 7) is 12.5. The van der Waals surface area contributed by atoms with Gasteiger partial charge in [-0.2, -0.15) is 0 Å². The van der Waals surface area contributed by atoms with Crippen LogP contribution in [0.15, 0.2) is 37.1 Å². The Labute approximate surface area is 270 Å². The first-order valence-corrected chi connectivity index (χ1v) is 17.1. The molecule has 0 bridgehead atoms. The summed E-state index contributed by atoms with van der Waals surface area (Å²) in [6.07, 6.45) is 11.4. The molecule has 5 heterocycles. The summed E-state index contributed by atoms with van der Waals surface area (Å²) < 4.78 is 21.0. The molecule has 1 spiro atoms. The average molecular weight is 629 g/mol. The highest BCUT2D eigenvalue weighted by Gasteiger charge is 2.53. The molecular weight excluding hydrogens is 583 g/mol. The van der Waals surface area contributed by atoms with Crippen LogP contribution in [0, 0.1) is 23.1 Å². The number of rotatable bonds is 9. The van der Waals surface area contributed by atoms with Crippen LogP contribution in [-0.2, 0) is 0 Å². The molecule has 244 valence electrons. The number of likely N-dealkylation sites (tertiary alicyclic amines) is 2. The summed E-state index contributed by atoms with van der Waals surface area (Å²) >= 11 is 0. The largest absolute Gasteiger partial charge is 0.434 e. The summed E-state index contributed by atoms with van der Waals surface area (Å²) in [5.74, 6) is 2.85. The van der Waals surface area contributed by atoms with Crippen molar-refractivity contribution in [3.8, 4) is 22.9 Å². The lowest BCUT2D eigenvalue weighted by atomic mass is 9.68. The number of β-amino-alcohol motifs (C(OH)–C–C–N with tert-alkyl or cyclic N) is 1. The fraction of sp³-hybridized carbons (Fsp3) is 0.629. The van der Waals surface area contributed by atoms with Crippen molar-refractivity contribution in [2.75, 3.05) is 44.2 Å². The van der Waals surface area contributed by atoms with Gasteiger partial charge in [0.15, 0.2) is 5.82 Å². The molecule has 8 rings (SSSR count). The number of aliphatic hydroxyl groups is 1. The van der Waals surface area contributed by atoms with Gasteiger partial charge in [-0.05, 0) is 81.4 Å². The lowest BCUT2D eigenvalue weighted by molar-refractivity contribution is -0.0799. The van der Waals surface area contributed by atoms with Gasteiger partial charge in [0.25, 0.3) is 5.88 Å². The number of ether oxygens (including phenoxy) is 1. The predicted octanol–water partition coefficient (Wildman–Crippen LogP) is 4.91. The second-order valence-electron chi connectivity index (χ2n) is 15.3. The molecule has 3 aliphatic heterocycles. The molecule has 5 fully saturated rings. The van der Waals surface area contributed by atoms with E-state index >= 15 is 0 Å². The zero-order valence-electron chi connectivity index (χ0n) is 27.1. The van der Waals surface area contributed by atoms with Gasteiger partial charge in [-0.3, -0.25) is 9.80 Å². The first kappa shape index (κ1) is 30.1. The zero-order valence-corrected chi connectivity index (χ0v) is 27.1. The molecule has 46 heavy (non-hydrogen) atoms. The van der Waals surface area contributed by atoms with Gasteiger partial charge < -0.3 is 14.7 Å². The maximum atomic E-state index is 14.5. The van der Waals surface area contributed by atoms with Gasteiger partial charge in [-0.1, -0.05) is 13.8 Å². The first-order chi connectivity index (χ1) is 22.2. The van der Waals surface area contributed by atoms with Gasteiger partial charge >= 0.3 is 0 Å². The van der Waals surface area contributed by atoms with Crippen LogP contribution in [0.3, 0.4) is 0 Å². The van der Waals surface area contributed by atoms with Crippen molar-refractivity contribution in [2.45, 2.75) is 82.9 Å². The third-order valence-corrected chi connectivity index (χ3v) is 11.3. The van der Waals surface area contributed by atoms with Crippen molar-refractivity contribution in [1.82, 2.24) is 34.9 Å². The van der Waals surface area contributed by atoms with E-state index in [1.54, 1.807) is 6.07 Å². The van der Waals surface area contributed by atoms with E-state index < -0.39 is 5.60 Å². The molecule has 5 aliphatic rings. The topological polar surface area (TPSA) is 104 Å². The number of hydrogen-bond acceptors (Lipinski definition) is 10. The van der Waals surface area contributed by atoms with E-state index in [1.807, 2.05) is 13.1 Å². The van der Waals surface area contributed by atoms with Crippen molar-refractivity contribution in [3.05, 3.63) is 48.4 Å². The fourth-order valence-electron chi connectivity index (χ4n) is 8.84. The fourth-order valence-corrected chi connectivity index (χ4v) is 8.84. The van der Waals surface area contributed by atoms with Crippen molar-refractivity contribution in [2.24, 2.45) is 17.3 Å². The molecule has 0 unspecified atom stereocenters. The van der Waals surface area contributed by atoms with Crippen LogP contribution in [0.4, 0.5) is 10.2 Å². The van der Waals surface area contributed by atoms with Crippen molar-refractivity contribution in [1.29, 1.82) is 0 Å². The summed E-state index contributed by atoms with van der Waals surface area (Å²) in [7, 11) is 0. The molecule has 2 aromatic heterocycles. The Hall–Kier alpha value is -3.28. The van der Waals surface area contributed by atoms with E-state index in [1.165, 1.54) is 37.6 Å². The molecule has 10 nitrogen and oxygen atoms in total. The number of halogens is 1. The van der Waals surface area contributed by atoms with E-state index in [4.69, 9.17) is 4.74 Å². The van der Waals surface area contributed by atoms with Crippen LogP contribution >= 0.6 is 0 Å². The van der Waals surface area contributed by atoms with Gasteiger partial charge in [0.05, 0.1) is 11.3 Å². The molecule has 0 radical (unpaired) electrons. The molecule has 11 heteroatoms. The summed E-state index contributed by atoms with van der Waals surface area (Å²) in [5.41, 5.74) is 2.01. The van der Waals surface area contributed by atoms with E-state index in [9.17, 15) is 9.50 Å². The number of benzene rings is 1. The molecule has 1 aromatic carbocycles. The minimum absolute atomic E-state index is 0.229. The third-order valence-electron chi connectivity index (χ3n) is 11.3. The van der Waals surface area contributed by atoms with E-state index in [0.29, 0.717) is 52.6 Å². The highest BCUT2D eigenvalue weighted by Crippen LogP contribution is 2.49. The normalized spacial score (nSPS) is 28.4. The Morgan fingerprint density at radius 3 is 2.59 bits per heavy atom. The summed E-state index contributed by atoms with van der Waals surface area (Å²) in [4.78, 5) is 20.9. The molecule has 2 saturated carbocycles. The van der Waals surface area contributed by atoms with Gasteiger partial charge in [0.1, 0.15) is 24.2 Å². The lowest BCUT2D eigenvalue weighted by Crippen LogP contribution is -2.65. The van der Waals surface area contributed by atoms with Crippen molar-refractivity contribution < 1.29 is 14.2 Å². The Kier molecular flexibility index (Phi) is 7.49. The average Bonchev–Trinajstić information content (AvgIpc) is 3.65. The van der Waals surface area contributed by atoms with Crippen molar-refractivity contribution >= 4 is 5.82 Å². The molecule has 3 aromatic rings.